The summed E-state index contributed by atoms with van der Waals surface area (Å²) in [5.74, 6) is 0.927. The van der Waals surface area contributed by atoms with Crippen LogP contribution in [-0.4, -0.2) is 107 Å². The molecule has 1 aromatic carbocycles. The maximum atomic E-state index is 13.1. The molecule has 0 aliphatic carbocycles. The average Bonchev–Trinajstić information content (AvgIpc) is 3.66. The summed E-state index contributed by atoms with van der Waals surface area (Å²) < 4.78 is 68.2. The molecule has 2 N–H and O–H groups in total. The average molecular weight is 746 g/mol. The van der Waals surface area contributed by atoms with Crippen molar-refractivity contribution in [3.8, 4) is 6.07 Å². The largest absolute Gasteiger partial charge is 0.393 e. The van der Waals surface area contributed by atoms with Crippen LogP contribution in [0.5, 0.6) is 0 Å². The number of piperidine rings is 1. The molecular weight excluding hydrogens is 700 g/mol. The number of alkyl halides is 3. The smallest absolute Gasteiger partial charge is 0.367 e. The van der Waals surface area contributed by atoms with Gasteiger partial charge in [-0.2, -0.15) is 27.7 Å². The van der Waals surface area contributed by atoms with Gasteiger partial charge in [0.05, 0.1) is 17.1 Å². The number of fused-ring (bicyclic) bond motifs is 2. The fourth-order valence-corrected chi connectivity index (χ4v) is 9.53. The van der Waals surface area contributed by atoms with Crippen molar-refractivity contribution in [2.45, 2.75) is 83.6 Å². The summed E-state index contributed by atoms with van der Waals surface area (Å²) in [6.45, 7) is 13.0. The predicted octanol–water partition coefficient (Wildman–Crippen LogP) is 5.79. The molecule has 2 saturated heterocycles. The van der Waals surface area contributed by atoms with Crippen LogP contribution < -0.4 is 10.6 Å². The molecular formula is C35H46F3N9O2S2. The molecule has 5 heterocycles. The number of hydrogen-bond acceptors (Lipinski definition) is 10. The fourth-order valence-electron chi connectivity index (χ4n) is 7.21. The first-order valence-corrected chi connectivity index (χ1v) is 19.8. The summed E-state index contributed by atoms with van der Waals surface area (Å²) in [6.07, 6.45) is -3.57. The van der Waals surface area contributed by atoms with Gasteiger partial charge >= 0.3 is 6.18 Å². The number of sulfonamides is 1. The molecule has 11 nitrogen and oxygen atoms in total. The van der Waals surface area contributed by atoms with Crippen LogP contribution in [0.15, 0.2) is 24.3 Å². The van der Waals surface area contributed by atoms with Crippen molar-refractivity contribution in [3.05, 3.63) is 46.0 Å². The monoisotopic (exact) mass is 745 g/mol. The molecule has 2 aliphatic rings. The van der Waals surface area contributed by atoms with Crippen LogP contribution in [-0.2, 0) is 29.5 Å². The van der Waals surface area contributed by atoms with E-state index in [-0.39, 0.29) is 17.0 Å². The Morgan fingerprint density at radius 2 is 1.75 bits per heavy atom. The topological polar surface area (TPSA) is 122 Å². The zero-order valence-corrected chi connectivity index (χ0v) is 31.4. The number of likely N-dealkylation sites (tertiary alicyclic amines) is 1. The number of piperazine rings is 1. The molecule has 0 spiro atoms. The second-order valence-electron chi connectivity index (χ2n) is 14.0. The minimum Gasteiger partial charge on any atom is -0.367 e. The number of aryl methyl sites for hydroxylation is 1. The summed E-state index contributed by atoms with van der Waals surface area (Å²) >= 11 is 1.05. The molecule has 276 valence electrons. The number of aromatic nitrogens is 3. The normalized spacial score (nSPS) is 18.1. The lowest BCUT2D eigenvalue weighted by atomic mass is 10.0. The van der Waals surface area contributed by atoms with Gasteiger partial charge in [-0.3, -0.25) is 9.80 Å². The van der Waals surface area contributed by atoms with E-state index in [0.717, 1.165) is 60.3 Å². The summed E-state index contributed by atoms with van der Waals surface area (Å²) in [5.41, 5.74) is 3.99. The van der Waals surface area contributed by atoms with Crippen LogP contribution in [0, 0.1) is 18.3 Å². The first-order valence-electron chi connectivity index (χ1n) is 17.5. The molecule has 0 bridgehead atoms. The second-order valence-corrected chi connectivity index (χ2v) is 17.6. The Morgan fingerprint density at radius 1 is 1.04 bits per heavy atom. The van der Waals surface area contributed by atoms with Crippen molar-refractivity contribution in [2.75, 3.05) is 56.9 Å². The van der Waals surface area contributed by atoms with Crippen molar-refractivity contribution in [1.29, 1.82) is 5.26 Å². The Balaban J connectivity index is 1.09. The minimum absolute atomic E-state index is 0.121. The van der Waals surface area contributed by atoms with E-state index in [1.54, 1.807) is 31.3 Å². The van der Waals surface area contributed by atoms with E-state index in [1.807, 2.05) is 6.07 Å². The number of benzene rings is 1. The van der Waals surface area contributed by atoms with Gasteiger partial charge in [0.1, 0.15) is 22.4 Å². The Labute approximate surface area is 301 Å². The van der Waals surface area contributed by atoms with Crippen LogP contribution >= 0.6 is 11.3 Å². The molecule has 6 rings (SSSR count). The van der Waals surface area contributed by atoms with E-state index in [0.29, 0.717) is 60.4 Å². The summed E-state index contributed by atoms with van der Waals surface area (Å²) in [7, 11) is -1.58. The maximum Gasteiger partial charge on any atom is 0.393 e. The standard InChI is InChI=1S/C35H46F3N9O2S2/c1-22(2)51(48,49)46-14-12-45(13-15-46)23(3)20-47-27(19-39)16-29-24(4)25(6-7-31(29)47)21-44-10-8-26(9-11-44)41-32-30-17-28(18-35(36,37)38)50-33(30)43-34(40-5)42-32/h6-7,16-17,22-23,26H,8-15,18,20-21H2,1-5H3,(H2,40,41,42,43)/t23-/m0/s1. The first kappa shape index (κ1) is 37.3. The molecule has 0 amide bonds. The quantitative estimate of drug-likeness (QED) is 0.197. The number of rotatable bonds is 11. The number of anilines is 2. The van der Waals surface area contributed by atoms with Gasteiger partial charge in [-0.25, -0.2) is 13.4 Å². The Kier molecular flexibility index (Phi) is 10.9. The van der Waals surface area contributed by atoms with Crippen molar-refractivity contribution < 1.29 is 21.6 Å². The Morgan fingerprint density at radius 3 is 2.37 bits per heavy atom. The zero-order chi connectivity index (χ0) is 36.7. The number of nitriles is 1. The van der Waals surface area contributed by atoms with Gasteiger partial charge in [0.25, 0.3) is 0 Å². The number of thiophene rings is 1. The van der Waals surface area contributed by atoms with Crippen LogP contribution in [0.2, 0.25) is 0 Å². The number of halogens is 3. The van der Waals surface area contributed by atoms with E-state index < -0.39 is 27.9 Å². The summed E-state index contributed by atoms with van der Waals surface area (Å²) in [5, 5.41) is 17.7. The first-order chi connectivity index (χ1) is 24.2. The maximum absolute atomic E-state index is 13.1. The lowest BCUT2D eigenvalue weighted by molar-refractivity contribution is -0.126. The van der Waals surface area contributed by atoms with E-state index in [2.05, 4.69) is 67.0 Å². The lowest BCUT2D eigenvalue weighted by Gasteiger charge is -2.38. The van der Waals surface area contributed by atoms with E-state index in [9.17, 15) is 26.9 Å². The van der Waals surface area contributed by atoms with Crippen molar-refractivity contribution in [3.63, 3.8) is 0 Å². The van der Waals surface area contributed by atoms with Crippen molar-refractivity contribution in [2.24, 2.45) is 0 Å². The summed E-state index contributed by atoms with van der Waals surface area (Å²) in [4.78, 5) is 14.4. The second kappa shape index (κ2) is 14.9. The molecule has 0 unspecified atom stereocenters. The SMILES string of the molecule is CNc1nc(NC2CCN(Cc3ccc4c(cc(C#N)n4C[C@H](C)N4CCN(S(=O)(=O)C(C)C)CC4)c3C)CC2)c2cc(CC(F)(F)F)sc2n1. The van der Waals surface area contributed by atoms with Crippen molar-refractivity contribution >= 4 is 54.2 Å². The molecule has 2 aliphatic heterocycles. The Hall–Kier alpha value is -3.49. The summed E-state index contributed by atoms with van der Waals surface area (Å²) in [6, 6.07) is 10.4. The highest BCUT2D eigenvalue weighted by atomic mass is 32.2. The highest BCUT2D eigenvalue weighted by molar-refractivity contribution is 7.89. The fraction of sp³-hybridized carbons (Fsp3) is 0.571. The third-order valence-corrected chi connectivity index (χ3v) is 13.5. The van der Waals surface area contributed by atoms with Gasteiger partial charge in [0.15, 0.2) is 0 Å². The van der Waals surface area contributed by atoms with Crippen LogP contribution in [0.25, 0.3) is 21.1 Å². The van der Waals surface area contributed by atoms with Gasteiger partial charge in [0, 0.05) is 87.3 Å². The molecule has 3 aromatic heterocycles. The number of nitrogens with one attached hydrogen (secondary N) is 2. The molecule has 0 radical (unpaired) electrons. The molecule has 2 fully saturated rings. The van der Waals surface area contributed by atoms with E-state index in [1.165, 1.54) is 5.56 Å². The van der Waals surface area contributed by atoms with Crippen LogP contribution in [0.4, 0.5) is 24.9 Å². The predicted molar refractivity (Wildman–Crippen MR) is 197 cm³/mol. The molecule has 16 heteroatoms. The highest BCUT2D eigenvalue weighted by Crippen LogP contribution is 2.35. The van der Waals surface area contributed by atoms with Gasteiger partial charge in [-0.15, -0.1) is 11.3 Å². The highest BCUT2D eigenvalue weighted by Gasteiger charge is 2.32. The third kappa shape index (κ3) is 8.12. The zero-order valence-electron chi connectivity index (χ0n) is 29.7. The lowest BCUT2D eigenvalue weighted by Crippen LogP contribution is -2.53. The van der Waals surface area contributed by atoms with Gasteiger partial charge in [-0.05, 0) is 69.9 Å². The van der Waals surface area contributed by atoms with Crippen LogP contribution in [0.3, 0.4) is 0 Å². The van der Waals surface area contributed by atoms with Crippen molar-refractivity contribution in [1.82, 2.24) is 28.6 Å². The van der Waals surface area contributed by atoms with Gasteiger partial charge in [-0.1, -0.05) is 6.07 Å². The van der Waals surface area contributed by atoms with Crippen LogP contribution in [0.1, 0.15) is 55.3 Å². The van der Waals surface area contributed by atoms with Gasteiger partial charge in [0.2, 0.25) is 16.0 Å². The Bertz CT molecular complexity index is 2020. The molecule has 0 saturated carbocycles. The number of hydrogen-bond donors (Lipinski definition) is 2. The number of nitrogens with zero attached hydrogens (tertiary/aromatic N) is 7. The van der Waals surface area contributed by atoms with E-state index >= 15 is 0 Å². The molecule has 1 atom stereocenters. The van der Waals surface area contributed by atoms with E-state index in [4.69, 9.17) is 0 Å². The van der Waals surface area contributed by atoms with Gasteiger partial charge < -0.3 is 15.2 Å². The molecule has 51 heavy (non-hydrogen) atoms. The third-order valence-electron chi connectivity index (χ3n) is 10.2. The molecule has 4 aromatic rings. The minimum atomic E-state index is -4.29.